The Morgan fingerprint density at radius 2 is 1.86 bits per heavy atom. The van der Waals surface area contributed by atoms with Gasteiger partial charge in [-0.05, 0) is 36.1 Å². The third-order valence-electron chi connectivity index (χ3n) is 4.05. The fraction of sp³-hybridized carbons (Fsp3) is 0.136. The molecule has 0 saturated carbocycles. The molecule has 3 aromatic rings. The van der Waals surface area contributed by atoms with Crippen LogP contribution in [0, 0.1) is 0 Å². The van der Waals surface area contributed by atoms with Crippen LogP contribution in [0.1, 0.15) is 12.5 Å². The van der Waals surface area contributed by atoms with Gasteiger partial charge in [-0.25, -0.2) is 4.98 Å². The van der Waals surface area contributed by atoms with Crippen molar-refractivity contribution in [1.82, 2.24) is 10.3 Å². The second-order valence-electron chi connectivity index (χ2n) is 6.31. The maximum absolute atomic E-state index is 6.15. The van der Waals surface area contributed by atoms with Crippen molar-refractivity contribution in [2.75, 3.05) is 5.32 Å². The first-order chi connectivity index (χ1) is 13.8. The second-order valence-corrected chi connectivity index (χ2v) is 8.34. The number of benzene rings is 2. The molecule has 4 nitrogen and oxygen atoms in total. The molecule has 0 aliphatic carbocycles. The predicted molar refractivity (Wildman–Crippen MR) is 119 cm³/mol. The third-order valence-corrected chi connectivity index (χ3v) is 6.09. The van der Waals surface area contributed by atoms with Gasteiger partial charge < -0.3 is 15.4 Å². The Kier molecular flexibility index (Phi) is 6.09. The Hall–Kier alpha value is -2.57. The van der Waals surface area contributed by atoms with Crippen molar-refractivity contribution in [3.63, 3.8) is 0 Å². The number of ether oxygens (including phenoxy) is 1. The van der Waals surface area contributed by atoms with Crippen LogP contribution in [0.25, 0.3) is 0 Å². The van der Waals surface area contributed by atoms with E-state index in [4.69, 9.17) is 4.74 Å². The fourth-order valence-corrected chi connectivity index (χ4v) is 4.37. The van der Waals surface area contributed by atoms with Crippen LogP contribution >= 0.6 is 23.5 Å². The van der Waals surface area contributed by atoms with Crippen LogP contribution in [0.2, 0.25) is 0 Å². The first kappa shape index (κ1) is 18.8. The Morgan fingerprint density at radius 1 is 1.11 bits per heavy atom. The largest absolute Gasteiger partial charge is 0.453 e. The van der Waals surface area contributed by atoms with Crippen LogP contribution in [0.3, 0.4) is 0 Å². The van der Waals surface area contributed by atoms with Gasteiger partial charge in [0, 0.05) is 22.5 Å². The summed E-state index contributed by atoms with van der Waals surface area (Å²) in [6, 6.07) is 22.3. The van der Waals surface area contributed by atoms with Gasteiger partial charge in [0.25, 0.3) is 0 Å². The van der Waals surface area contributed by atoms with Gasteiger partial charge in [0.05, 0.1) is 0 Å². The minimum Gasteiger partial charge on any atom is -0.453 e. The molecule has 142 valence electrons. The van der Waals surface area contributed by atoms with Crippen LogP contribution in [0.15, 0.2) is 88.9 Å². The molecule has 1 aliphatic rings. The standard InChI is InChI=1S/C22H21N3OS2/c1-16-14-28-22(24-16)25-21-20(26-18-10-6-3-7-11-18)12-19(13-23-21)27-15-17-8-4-2-5-9-17/h2-14,22,24H,15H2,1H3,(H,23,25). The zero-order chi connectivity index (χ0) is 19.2. The summed E-state index contributed by atoms with van der Waals surface area (Å²) in [5.41, 5.74) is 2.48. The molecule has 1 aromatic heterocycles. The molecule has 2 N–H and O–H groups in total. The summed E-state index contributed by atoms with van der Waals surface area (Å²) in [5, 5.41) is 8.88. The summed E-state index contributed by atoms with van der Waals surface area (Å²) in [6.45, 7) is 2.05. The van der Waals surface area contributed by atoms with Crippen molar-refractivity contribution >= 4 is 29.3 Å². The van der Waals surface area contributed by atoms with Gasteiger partial charge in [0.15, 0.2) is 17.1 Å². The van der Waals surface area contributed by atoms with Crippen molar-refractivity contribution < 1.29 is 4.74 Å². The van der Waals surface area contributed by atoms with E-state index in [0.29, 0.717) is 0 Å². The van der Waals surface area contributed by atoms with Crippen LogP contribution in [0.4, 0.5) is 5.82 Å². The van der Waals surface area contributed by atoms with Crippen LogP contribution in [-0.4, -0.2) is 10.5 Å². The normalized spacial score (nSPS) is 15.6. The van der Waals surface area contributed by atoms with Crippen molar-refractivity contribution in [2.24, 2.45) is 0 Å². The first-order valence-electron chi connectivity index (χ1n) is 9.01. The number of nitrogens with one attached hydrogen (secondary N) is 2. The summed E-state index contributed by atoms with van der Waals surface area (Å²) >= 11 is 3.44. The minimum atomic E-state index is 0.0495. The number of nitrogens with zero attached hydrogens (tertiary/aromatic N) is 1. The molecule has 0 radical (unpaired) electrons. The number of hydrogen-bond acceptors (Lipinski definition) is 6. The van der Waals surface area contributed by atoms with Gasteiger partial charge in [0.1, 0.15) is 5.75 Å². The number of para-hydroxylation sites is 1. The molecule has 28 heavy (non-hydrogen) atoms. The van der Waals surface area contributed by atoms with Crippen molar-refractivity contribution in [1.29, 1.82) is 0 Å². The Balaban J connectivity index is 1.53. The maximum atomic E-state index is 6.15. The third kappa shape index (κ3) is 5.03. The number of allylic oxidation sites excluding steroid dienone is 1. The highest BCUT2D eigenvalue weighted by Crippen LogP contribution is 2.34. The molecule has 2 aromatic carbocycles. The molecule has 4 rings (SSSR count). The predicted octanol–water partition coefficient (Wildman–Crippen LogP) is 6.06. The molecule has 1 aliphatic heterocycles. The zero-order valence-corrected chi connectivity index (χ0v) is 17.1. The highest BCUT2D eigenvalue weighted by Gasteiger charge is 2.17. The molecule has 0 amide bonds. The molecule has 2 heterocycles. The SMILES string of the molecule is CC1=CSC(Nc2ncc(SCc3ccccc3)cc2Oc2ccccc2)N1. The smallest absolute Gasteiger partial charge is 0.171 e. The van der Waals surface area contributed by atoms with E-state index in [-0.39, 0.29) is 5.50 Å². The highest BCUT2D eigenvalue weighted by atomic mass is 32.2. The van der Waals surface area contributed by atoms with Crippen LogP contribution in [0.5, 0.6) is 11.5 Å². The van der Waals surface area contributed by atoms with E-state index in [2.05, 4.69) is 51.4 Å². The average molecular weight is 408 g/mol. The van der Waals surface area contributed by atoms with Crippen LogP contribution < -0.4 is 15.4 Å². The minimum absolute atomic E-state index is 0.0495. The summed E-state index contributed by atoms with van der Waals surface area (Å²) < 4.78 is 6.15. The van der Waals surface area contributed by atoms with Gasteiger partial charge in [-0.1, -0.05) is 60.3 Å². The van der Waals surface area contributed by atoms with Gasteiger partial charge in [-0.2, -0.15) is 0 Å². The van der Waals surface area contributed by atoms with E-state index in [9.17, 15) is 0 Å². The lowest BCUT2D eigenvalue weighted by molar-refractivity contribution is 0.480. The van der Waals surface area contributed by atoms with Crippen molar-refractivity contribution in [2.45, 2.75) is 23.1 Å². The quantitative estimate of drug-likeness (QED) is 0.464. The lowest BCUT2D eigenvalue weighted by Crippen LogP contribution is -2.28. The summed E-state index contributed by atoms with van der Waals surface area (Å²) in [6.07, 6.45) is 1.90. The molecule has 1 atom stereocenters. The molecule has 1 unspecified atom stereocenters. The second kappa shape index (κ2) is 9.08. The topological polar surface area (TPSA) is 46.2 Å². The highest BCUT2D eigenvalue weighted by molar-refractivity contribution is 8.03. The number of anilines is 1. The van der Waals surface area contributed by atoms with Crippen molar-refractivity contribution in [3.8, 4) is 11.5 Å². The molecule has 0 fully saturated rings. The summed E-state index contributed by atoms with van der Waals surface area (Å²) in [7, 11) is 0. The number of hydrogen-bond donors (Lipinski definition) is 2. The fourth-order valence-electron chi connectivity index (χ4n) is 2.69. The number of pyridine rings is 1. The molecular weight excluding hydrogens is 386 g/mol. The molecule has 0 spiro atoms. The Morgan fingerprint density at radius 3 is 2.57 bits per heavy atom. The Labute approximate surface area is 173 Å². The lowest BCUT2D eigenvalue weighted by atomic mass is 10.2. The molecular formula is C22H21N3OS2. The zero-order valence-electron chi connectivity index (χ0n) is 15.5. The number of rotatable bonds is 7. The summed E-state index contributed by atoms with van der Waals surface area (Å²) in [4.78, 5) is 5.71. The average Bonchev–Trinajstić information content (AvgIpc) is 3.14. The monoisotopic (exact) mass is 407 g/mol. The van der Waals surface area contributed by atoms with E-state index in [1.165, 1.54) is 5.56 Å². The van der Waals surface area contributed by atoms with Gasteiger partial charge in [-0.3, -0.25) is 0 Å². The van der Waals surface area contributed by atoms with E-state index in [1.807, 2.05) is 49.5 Å². The number of aromatic nitrogens is 1. The van der Waals surface area contributed by atoms with Gasteiger partial charge in [0.2, 0.25) is 0 Å². The van der Waals surface area contributed by atoms with Gasteiger partial charge >= 0.3 is 0 Å². The van der Waals surface area contributed by atoms with Crippen LogP contribution in [-0.2, 0) is 5.75 Å². The molecule has 0 bridgehead atoms. The maximum Gasteiger partial charge on any atom is 0.171 e. The van der Waals surface area contributed by atoms with Crippen molar-refractivity contribution in [3.05, 3.63) is 89.6 Å². The lowest BCUT2D eigenvalue weighted by Gasteiger charge is -2.18. The van der Waals surface area contributed by atoms with Gasteiger partial charge in [-0.15, -0.1) is 11.8 Å². The first-order valence-corrected chi connectivity index (χ1v) is 10.9. The molecule has 0 saturated heterocycles. The van der Waals surface area contributed by atoms with E-state index in [0.717, 1.165) is 33.7 Å². The summed E-state index contributed by atoms with van der Waals surface area (Å²) in [5.74, 6) is 3.12. The Bertz CT molecular complexity index is 949. The number of thioether (sulfide) groups is 2. The van der Waals surface area contributed by atoms with E-state index >= 15 is 0 Å². The van der Waals surface area contributed by atoms with E-state index in [1.54, 1.807) is 23.5 Å². The molecule has 6 heteroatoms. The van der Waals surface area contributed by atoms with E-state index < -0.39 is 0 Å².